The molecule has 0 spiro atoms. The molecule has 3 rings (SSSR count). The van der Waals surface area contributed by atoms with Gasteiger partial charge in [-0.05, 0) is 40.8 Å². The number of hydrogen-bond donors (Lipinski definition) is 1. The summed E-state index contributed by atoms with van der Waals surface area (Å²) in [6.07, 6.45) is -2.77. The van der Waals surface area contributed by atoms with Crippen LogP contribution in [0.15, 0.2) is 30.6 Å². The third kappa shape index (κ3) is 3.84. The van der Waals surface area contributed by atoms with Crippen LogP contribution < -0.4 is 4.72 Å². The Balaban J connectivity index is 2.30. The SMILES string of the molecule is CS(=O)(=O)Nc1nc(C(F)(F)F)nc2c1ncn2-c1cccc(I)c1. The molecular formula is C13H9F3IN5O2S. The van der Waals surface area contributed by atoms with Crippen LogP contribution in [0.25, 0.3) is 16.9 Å². The van der Waals surface area contributed by atoms with Crippen LogP contribution in [-0.2, 0) is 16.2 Å². The molecule has 0 fully saturated rings. The van der Waals surface area contributed by atoms with E-state index in [1.54, 1.807) is 18.2 Å². The van der Waals surface area contributed by atoms with E-state index in [0.29, 0.717) is 5.69 Å². The summed E-state index contributed by atoms with van der Waals surface area (Å²) in [5, 5.41) is 0. The molecule has 132 valence electrons. The lowest BCUT2D eigenvalue weighted by molar-refractivity contribution is -0.144. The molecule has 0 amide bonds. The third-order valence-corrected chi connectivity index (χ3v) is 4.25. The molecule has 0 unspecified atom stereocenters. The van der Waals surface area contributed by atoms with E-state index in [4.69, 9.17) is 0 Å². The summed E-state index contributed by atoms with van der Waals surface area (Å²) in [5.74, 6) is -1.98. The normalized spacial score (nSPS) is 12.5. The van der Waals surface area contributed by atoms with Gasteiger partial charge in [-0.3, -0.25) is 9.29 Å². The van der Waals surface area contributed by atoms with Gasteiger partial charge in [0.2, 0.25) is 15.8 Å². The van der Waals surface area contributed by atoms with E-state index in [2.05, 4.69) is 37.5 Å². The predicted molar refractivity (Wildman–Crippen MR) is 92.8 cm³/mol. The Hall–Kier alpha value is -1.96. The van der Waals surface area contributed by atoms with Gasteiger partial charge < -0.3 is 0 Å². The molecule has 0 aliphatic carbocycles. The minimum absolute atomic E-state index is 0.0858. The monoisotopic (exact) mass is 483 g/mol. The van der Waals surface area contributed by atoms with E-state index in [1.807, 2.05) is 10.8 Å². The number of halogens is 4. The number of sulfonamides is 1. The first kappa shape index (κ1) is 17.8. The van der Waals surface area contributed by atoms with Gasteiger partial charge in [0.05, 0.1) is 6.26 Å². The summed E-state index contributed by atoms with van der Waals surface area (Å²) in [7, 11) is -3.85. The Morgan fingerprint density at radius 2 is 1.96 bits per heavy atom. The smallest absolute Gasteiger partial charge is 0.283 e. The molecule has 1 aromatic carbocycles. The van der Waals surface area contributed by atoms with Crippen molar-refractivity contribution in [1.82, 2.24) is 19.5 Å². The van der Waals surface area contributed by atoms with Crippen LogP contribution in [0.2, 0.25) is 0 Å². The Morgan fingerprint density at radius 1 is 1.24 bits per heavy atom. The second-order valence-electron chi connectivity index (χ2n) is 5.03. The zero-order valence-electron chi connectivity index (χ0n) is 12.4. The molecule has 0 aliphatic rings. The van der Waals surface area contributed by atoms with Crippen molar-refractivity contribution < 1.29 is 21.6 Å². The minimum atomic E-state index is -4.84. The van der Waals surface area contributed by atoms with Gasteiger partial charge in [0.15, 0.2) is 17.0 Å². The lowest BCUT2D eigenvalue weighted by Crippen LogP contribution is -2.17. The lowest BCUT2D eigenvalue weighted by Gasteiger charge is -2.10. The highest BCUT2D eigenvalue weighted by molar-refractivity contribution is 14.1. The highest BCUT2D eigenvalue weighted by Crippen LogP contribution is 2.31. The number of rotatable bonds is 3. The fraction of sp³-hybridized carbons (Fsp3) is 0.154. The molecule has 0 bridgehead atoms. The van der Waals surface area contributed by atoms with E-state index < -0.39 is 27.8 Å². The molecule has 0 aliphatic heterocycles. The summed E-state index contributed by atoms with van der Waals surface area (Å²) in [6, 6.07) is 6.93. The van der Waals surface area contributed by atoms with Gasteiger partial charge in [0, 0.05) is 9.26 Å². The number of anilines is 1. The second kappa shape index (κ2) is 6.09. The van der Waals surface area contributed by atoms with Gasteiger partial charge in [0.1, 0.15) is 6.33 Å². The first-order chi connectivity index (χ1) is 11.5. The largest absolute Gasteiger partial charge is 0.451 e. The summed E-state index contributed by atoms with van der Waals surface area (Å²) in [4.78, 5) is 10.8. The summed E-state index contributed by atoms with van der Waals surface area (Å²) in [5.41, 5.74) is 0.291. The molecule has 25 heavy (non-hydrogen) atoms. The van der Waals surface area contributed by atoms with Crippen molar-refractivity contribution >= 4 is 49.6 Å². The number of nitrogens with zero attached hydrogens (tertiary/aromatic N) is 4. The first-order valence-electron chi connectivity index (χ1n) is 6.60. The Bertz CT molecular complexity index is 1070. The predicted octanol–water partition coefficient (Wildman–Crippen LogP) is 2.81. The van der Waals surface area contributed by atoms with Crippen molar-refractivity contribution in [3.8, 4) is 5.69 Å². The van der Waals surface area contributed by atoms with Crippen LogP contribution >= 0.6 is 22.6 Å². The average molecular weight is 483 g/mol. The van der Waals surface area contributed by atoms with Crippen molar-refractivity contribution in [3.05, 3.63) is 40.0 Å². The molecule has 0 atom stereocenters. The van der Waals surface area contributed by atoms with Gasteiger partial charge in [-0.2, -0.15) is 13.2 Å². The molecule has 0 saturated heterocycles. The van der Waals surface area contributed by atoms with E-state index >= 15 is 0 Å². The van der Waals surface area contributed by atoms with Crippen LogP contribution in [0.3, 0.4) is 0 Å². The first-order valence-corrected chi connectivity index (χ1v) is 9.57. The van der Waals surface area contributed by atoms with Crippen LogP contribution in [-0.4, -0.2) is 34.2 Å². The number of benzene rings is 1. The number of aromatic nitrogens is 4. The van der Waals surface area contributed by atoms with E-state index in [0.717, 1.165) is 9.83 Å². The van der Waals surface area contributed by atoms with E-state index in [-0.39, 0.29) is 11.2 Å². The molecule has 0 radical (unpaired) electrons. The quantitative estimate of drug-likeness (QED) is 0.579. The maximum Gasteiger partial charge on any atom is 0.451 e. The van der Waals surface area contributed by atoms with Crippen molar-refractivity contribution in [2.24, 2.45) is 0 Å². The van der Waals surface area contributed by atoms with Crippen molar-refractivity contribution in [2.45, 2.75) is 6.18 Å². The topological polar surface area (TPSA) is 89.8 Å². The molecule has 7 nitrogen and oxygen atoms in total. The number of hydrogen-bond acceptors (Lipinski definition) is 5. The molecule has 1 N–H and O–H groups in total. The van der Waals surface area contributed by atoms with Crippen LogP contribution in [0.5, 0.6) is 0 Å². The van der Waals surface area contributed by atoms with Crippen molar-refractivity contribution in [3.63, 3.8) is 0 Å². The zero-order chi connectivity index (χ0) is 18.4. The van der Waals surface area contributed by atoms with Gasteiger partial charge in [-0.1, -0.05) is 6.07 Å². The van der Waals surface area contributed by atoms with E-state index in [9.17, 15) is 21.6 Å². The Kier molecular flexibility index (Phi) is 4.35. The Labute approximate surface area is 153 Å². The summed E-state index contributed by atoms with van der Waals surface area (Å²) >= 11 is 2.06. The van der Waals surface area contributed by atoms with Crippen molar-refractivity contribution in [1.29, 1.82) is 0 Å². The van der Waals surface area contributed by atoms with Crippen molar-refractivity contribution in [2.75, 3.05) is 11.0 Å². The molecular weight excluding hydrogens is 474 g/mol. The third-order valence-electron chi connectivity index (χ3n) is 3.02. The fourth-order valence-electron chi connectivity index (χ4n) is 2.09. The molecule has 2 heterocycles. The lowest BCUT2D eigenvalue weighted by atomic mass is 10.3. The van der Waals surface area contributed by atoms with Crippen LogP contribution in [0.1, 0.15) is 5.82 Å². The average Bonchev–Trinajstić information content (AvgIpc) is 2.89. The molecule has 3 aromatic rings. The number of alkyl halides is 3. The highest BCUT2D eigenvalue weighted by atomic mass is 127. The standard InChI is InChI=1S/C13H9F3IN5O2S/c1-25(23,24)21-10-9-11(20-12(19-10)13(14,15)16)22(6-18-9)8-4-2-3-7(17)5-8/h2-6H,1H3,(H,19,20,21). The van der Waals surface area contributed by atoms with E-state index in [1.165, 1.54) is 10.9 Å². The van der Waals surface area contributed by atoms with Crippen LogP contribution in [0, 0.1) is 3.57 Å². The number of fused-ring (bicyclic) bond motifs is 1. The van der Waals surface area contributed by atoms with Gasteiger partial charge in [0.25, 0.3) is 0 Å². The molecule has 12 heteroatoms. The van der Waals surface area contributed by atoms with Gasteiger partial charge in [-0.25, -0.2) is 23.4 Å². The summed E-state index contributed by atoms with van der Waals surface area (Å²) in [6.45, 7) is 0. The zero-order valence-corrected chi connectivity index (χ0v) is 15.4. The minimum Gasteiger partial charge on any atom is -0.283 e. The molecule has 2 aromatic heterocycles. The maximum atomic E-state index is 13.1. The maximum absolute atomic E-state index is 13.1. The number of imidazole rings is 1. The number of nitrogens with one attached hydrogen (secondary N) is 1. The molecule has 0 saturated carbocycles. The second-order valence-corrected chi connectivity index (χ2v) is 8.03. The summed E-state index contributed by atoms with van der Waals surface area (Å²) < 4.78 is 66.3. The highest BCUT2D eigenvalue weighted by Gasteiger charge is 2.36. The van der Waals surface area contributed by atoms with Crippen LogP contribution in [0.4, 0.5) is 19.0 Å². The van der Waals surface area contributed by atoms with Gasteiger partial charge in [-0.15, -0.1) is 0 Å². The Morgan fingerprint density at radius 3 is 2.56 bits per heavy atom. The van der Waals surface area contributed by atoms with Gasteiger partial charge >= 0.3 is 6.18 Å². The fourth-order valence-corrected chi connectivity index (χ4v) is 3.11.